The van der Waals surface area contributed by atoms with Crippen molar-refractivity contribution in [2.75, 3.05) is 26.2 Å². The lowest BCUT2D eigenvalue weighted by atomic mass is 9.91. The van der Waals surface area contributed by atoms with Gasteiger partial charge in [0.15, 0.2) is 0 Å². The molecule has 2 unspecified atom stereocenters. The molecule has 3 fully saturated rings. The molecule has 3 heteroatoms. The zero-order valence-electron chi connectivity index (χ0n) is 13.1. The van der Waals surface area contributed by atoms with E-state index in [1.165, 1.54) is 90.4 Å². The van der Waals surface area contributed by atoms with Crippen molar-refractivity contribution < 1.29 is 0 Å². The van der Waals surface area contributed by atoms with Gasteiger partial charge in [0.25, 0.3) is 0 Å². The van der Waals surface area contributed by atoms with Crippen LogP contribution in [0.1, 0.15) is 64.2 Å². The van der Waals surface area contributed by atoms with Gasteiger partial charge in [-0.05, 0) is 25.7 Å². The van der Waals surface area contributed by atoms with E-state index in [-0.39, 0.29) is 0 Å². The molecule has 20 heavy (non-hydrogen) atoms. The standard InChI is InChI=1S/C17H33N3/c18-16-9-3-1-2-4-10-17(16)20-13-11-19(12-14-20)15-7-5-6-8-15/h15-17H,1-14,18H2. The van der Waals surface area contributed by atoms with Crippen LogP contribution in [0.4, 0.5) is 0 Å². The van der Waals surface area contributed by atoms with Crippen LogP contribution in [0.15, 0.2) is 0 Å². The van der Waals surface area contributed by atoms with Gasteiger partial charge in [0.05, 0.1) is 0 Å². The third-order valence-electron chi connectivity index (χ3n) is 5.94. The number of hydrogen-bond acceptors (Lipinski definition) is 3. The smallest absolute Gasteiger partial charge is 0.0248 e. The maximum absolute atomic E-state index is 6.48. The minimum atomic E-state index is 0.424. The van der Waals surface area contributed by atoms with Crippen molar-refractivity contribution in [1.29, 1.82) is 0 Å². The number of rotatable bonds is 2. The Morgan fingerprint density at radius 3 is 1.85 bits per heavy atom. The van der Waals surface area contributed by atoms with E-state index >= 15 is 0 Å². The predicted octanol–water partition coefficient (Wildman–Crippen LogP) is 2.60. The Labute approximate surface area is 124 Å². The molecule has 0 aromatic rings. The lowest BCUT2D eigenvalue weighted by Gasteiger charge is -2.43. The molecular weight excluding hydrogens is 246 g/mol. The van der Waals surface area contributed by atoms with Gasteiger partial charge in [0.2, 0.25) is 0 Å². The molecule has 0 radical (unpaired) electrons. The van der Waals surface area contributed by atoms with Crippen LogP contribution in [0.3, 0.4) is 0 Å². The third-order valence-corrected chi connectivity index (χ3v) is 5.94. The summed E-state index contributed by atoms with van der Waals surface area (Å²) in [5.74, 6) is 0. The summed E-state index contributed by atoms with van der Waals surface area (Å²) in [6.07, 6.45) is 13.9. The van der Waals surface area contributed by atoms with Gasteiger partial charge in [-0.2, -0.15) is 0 Å². The zero-order chi connectivity index (χ0) is 13.8. The second-order valence-corrected chi connectivity index (χ2v) is 7.23. The highest BCUT2D eigenvalue weighted by Crippen LogP contribution is 2.26. The van der Waals surface area contributed by atoms with Crippen molar-refractivity contribution in [3.05, 3.63) is 0 Å². The van der Waals surface area contributed by atoms with Crippen LogP contribution < -0.4 is 5.73 Å². The number of nitrogens with zero attached hydrogens (tertiary/aromatic N) is 2. The van der Waals surface area contributed by atoms with Crippen molar-refractivity contribution in [2.24, 2.45) is 5.73 Å². The van der Waals surface area contributed by atoms with Crippen molar-refractivity contribution in [3.8, 4) is 0 Å². The van der Waals surface area contributed by atoms with Gasteiger partial charge in [-0.25, -0.2) is 0 Å². The summed E-state index contributed by atoms with van der Waals surface area (Å²) in [7, 11) is 0. The largest absolute Gasteiger partial charge is 0.326 e. The molecule has 2 N–H and O–H groups in total. The Morgan fingerprint density at radius 1 is 0.600 bits per heavy atom. The normalized spacial score (nSPS) is 35.9. The molecule has 2 aliphatic carbocycles. The van der Waals surface area contributed by atoms with E-state index in [0.717, 1.165) is 6.04 Å². The predicted molar refractivity (Wildman–Crippen MR) is 84.9 cm³/mol. The summed E-state index contributed by atoms with van der Waals surface area (Å²) in [5.41, 5.74) is 6.48. The van der Waals surface area contributed by atoms with E-state index in [0.29, 0.717) is 12.1 Å². The molecule has 3 rings (SSSR count). The highest BCUT2D eigenvalue weighted by molar-refractivity contribution is 4.89. The minimum absolute atomic E-state index is 0.424. The lowest BCUT2D eigenvalue weighted by molar-refractivity contribution is 0.0549. The first-order valence-electron chi connectivity index (χ1n) is 9.08. The summed E-state index contributed by atoms with van der Waals surface area (Å²) < 4.78 is 0. The Bertz CT molecular complexity index is 280. The van der Waals surface area contributed by atoms with E-state index in [4.69, 9.17) is 5.73 Å². The van der Waals surface area contributed by atoms with Crippen LogP contribution in [0.25, 0.3) is 0 Å². The Morgan fingerprint density at radius 2 is 1.15 bits per heavy atom. The third kappa shape index (κ3) is 3.55. The summed E-state index contributed by atoms with van der Waals surface area (Å²) in [5, 5.41) is 0. The topological polar surface area (TPSA) is 32.5 Å². The zero-order valence-corrected chi connectivity index (χ0v) is 13.1. The van der Waals surface area contributed by atoms with Gasteiger partial charge >= 0.3 is 0 Å². The van der Waals surface area contributed by atoms with Gasteiger partial charge in [-0.1, -0.05) is 38.5 Å². The van der Waals surface area contributed by atoms with Crippen molar-refractivity contribution in [2.45, 2.75) is 82.3 Å². The molecule has 0 spiro atoms. The highest BCUT2D eigenvalue weighted by atomic mass is 15.3. The molecule has 0 aromatic carbocycles. The monoisotopic (exact) mass is 279 g/mol. The summed E-state index contributed by atoms with van der Waals surface area (Å²) in [6.45, 7) is 5.09. The molecular formula is C17H33N3. The number of nitrogens with two attached hydrogens (primary N) is 1. The fourth-order valence-electron chi connectivity index (χ4n) is 4.65. The van der Waals surface area contributed by atoms with Crippen LogP contribution in [-0.2, 0) is 0 Å². The van der Waals surface area contributed by atoms with E-state index < -0.39 is 0 Å². The molecule has 1 aliphatic heterocycles. The maximum Gasteiger partial charge on any atom is 0.0248 e. The fraction of sp³-hybridized carbons (Fsp3) is 1.00. The highest BCUT2D eigenvalue weighted by Gasteiger charge is 2.31. The van der Waals surface area contributed by atoms with E-state index in [9.17, 15) is 0 Å². The molecule has 2 saturated carbocycles. The molecule has 0 amide bonds. The quantitative estimate of drug-likeness (QED) is 0.843. The SMILES string of the molecule is NC1CCCCCCC1N1CCN(C2CCCC2)CC1. The fourth-order valence-corrected chi connectivity index (χ4v) is 4.65. The van der Waals surface area contributed by atoms with E-state index in [1.54, 1.807) is 0 Å². The molecule has 116 valence electrons. The van der Waals surface area contributed by atoms with Crippen molar-refractivity contribution in [3.63, 3.8) is 0 Å². The van der Waals surface area contributed by atoms with Crippen molar-refractivity contribution in [1.82, 2.24) is 9.80 Å². The molecule has 1 heterocycles. The van der Waals surface area contributed by atoms with Gasteiger partial charge in [0, 0.05) is 44.3 Å². The van der Waals surface area contributed by atoms with Crippen LogP contribution >= 0.6 is 0 Å². The van der Waals surface area contributed by atoms with Crippen LogP contribution in [0, 0.1) is 0 Å². The van der Waals surface area contributed by atoms with Crippen molar-refractivity contribution >= 4 is 0 Å². The van der Waals surface area contributed by atoms with Gasteiger partial charge in [-0.3, -0.25) is 9.80 Å². The average Bonchev–Trinajstić information content (AvgIpc) is 2.98. The maximum atomic E-state index is 6.48. The summed E-state index contributed by atoms with van der Waals surface area (Å²) in [4.78, 5) is 5.49. The molecule has 3 aliphatic rings. The average molecular weight is 279 g/mol. The van der Waals surface area contributed by atoms with Crippen LogP contribution in [0.5, 0.6) is 0 Å². The van der Waals surface area contributed by atoms with Gasteiger partial charge in [0.1, 0.15) is 0 Å². The van der Waals surface area contributed by atoms with Gasteiger partial charge in [-0.15, -0.1) is 0 Å². The number of piperazine rings is 1. The number of hydrogen-bond donors (Lipinski definition) is 1. The second-order valence-electron chi connectivity index (χ2n) is 7.23. The van der Waals surface area contributed by atoms with E-state index in [1.807, 2.05) is 0 Å². The Hall–Kier alpha value is -0.120. The molecule has 2 atom stereocenters. The van der Waals surface area contributed by atoms with Crippen LogP contribution in [0.2, 0.25) is 0 Å². The lowest BCUT2D eigenvalue weighted by Crippen LogP contribution is -2.57. The summed E-state index contributed by atoms with van der Waals surface area (Å²) in [6, 6.07) is 2.00. The molecule has 1 saturated heterocycles. The molecule has 3 nitrogen and oxygen atoms in total. The second kappa shape index (κ2) is 7.24. The van der Waals surface area contributed by atoms with E-state index in [2.05, 4.69) is 9.80 Å². The minimum Gasteiger partial charge on any atom is -0.326 e. The molecule has 0 bridgehead atoms. The first kappa shape index (κ1) is 14.8. The first-order chi connectivity index (χ1) is 9.84. The Kier molecular flexibility index (Phi) is 5.36. The summed E-state index contributed by atoms with van der Waals surface area (Å²) >= 11 is 0. The van der Waals surface area contributed by atoms with Crippen LogP contribution in [-0.4, -0.2) is 54.1 Å². The molecule has 0 aromatic heterocycles. The van der Waals surface area contributed by atoms with Gasteiger partial charge < -0.3 is 5.73 Å². The Balaban J connectivity index is 1.50. The first-order valence-corrected chi connectivity index (χ1v) is 9.08.